The van der Waals surface area contributed by atoms with Crippen LogP contribution in [-0.2, 0) is 14.3 Å². The third-order valence-corrected chi connectivity index (χ3v) is 3.20. The average molecular weight is 226 g/mol. The van der Waals surface area contributed by atoms with Crippen LogP contribution in [0, 0.1) is 11.8 Å². The summed E-state index contributed by atoms with van der Waals surface area (Å²) >= 11 is 0. The quantitative estimate of drug-likeness (QED) is 0.745. The predicted octanol–water partition coefficient (Wildman–Crippen LogP) is 2.00. The Morgan fingerprint density at radius 2 is 2.31 bits per heavy atom. The molecule has 1 aliphatic carbocycles. The van der Waals surface area contributed by atoms with Crippen molar-refractivity contribution in [3.8, 4) is 0 Å². The molecule has 4 heteroatoms. The van der Waals surface area contributed by atoms with E-state index in [0.717, 1.165) is 18.4 Å². The SMILES string of the molecule is COC(=O)C1=CC[C@H]([C@@H](C)CC(=O)O)CC1. The molecule has 4 nitrogen and oxygen atoms in total. The number of carbonyl (C=O) groups is 2. The number of carboxylic acids is 1. The fourth-order valence-electron chi connectivity index (χ4n) is 2.13. The van der Waals surface area contributed by atoms with Crippen LogP contribution in [0.3, 0.4) is 0 Å². The zero-order chi connectivity index (χ0) is 12.1. The molecule has 0 fully saturated rings. The van der Waals surface area contributed by atoms with E-state index >= 15 is 0 Å². The van der Waals surface area contributed by atoms with Crippen molar-refractivity contribution in [1.29, 1.82) is 0 Å². The predicted molar refractivity (Wildman–Crippen MR) is 58.9 cm³/mol. The molecule has 0 aliphatic heterocycles. The number of carbonyl (C=O) groups excluding carboxylic acids is 1. The summed E-state index contributed by atoms with van der Waals surface area (Å²) in [5, 5.41) is 8.70. The largest absolute Gasteiger partial charge is 0.481 e. The number of carboxylic acid groups (broad SMARTS) is 1. The summed E-state index contributed by atoms with van der Waals surface area (Å²) in [6, 6.07) is 0. The molecule has 0 spiro atoms. The Kier molecular flexibility index (Phi) is 4.52. The van der Waals surface area contributed by atoms with Gasteiger partial charge in [-0.05, 0) is 31.1 Å². The van der Waals surface area contributed by atoms with Gasteiger partial charge < -0.3 is 9.84 Å². The topological polar surface area (TPSA) is 63.6 Å². The summed E-state index contributed by atoms with van der Waals surface area (Å²) in [4.78, 5) is 21.8. The maximum absolute atomic E-state index is 11.2. The first-order valence-electron chi connectivity index (χ1n) is 5.53. The minimum atomic E-state index is -0.754. The normalized spacial score (nSPS) is 22.1. The summed E-state index contributed by atoms with van der Waals surface area (Å²) < 4.78 is 4.65. The lowest BCUT2D eigenvalue weighted by atomic mass is 9.80. The highest BCUT2D eigenvalue weighted by Crippen LogP contribution is 2.31. The third-order valence-electron chi connectivity index (χ3n) is 3.20. The van der Waals surface area contributed by atoms with Crippen molar-refractivity contribution in [1.82, 2.24) is 0 Å². The van der Waals surface area contributed by atoms with Gasteiger partial charge in [0.25, 0.3) is 0 Å². The van der Waals surface area contributed by atoms with E-state index in [2.05, 4.69) is 4.74 Å². The van der Waals surface area contributed by atoms with E-state index in [1.807, 2.05) is 13.0 Å². The van der Waals surface area contributed by atoms with Gasteiger partial charge >= 0.3 is 11.9 Å². The van der Waals surface area contributed by atoms with Gasteiger partial charge in [-0.2, -0.15) is 0 Å². The molecular formula is C12H18O4. The summed E-state index contributed by atoms with van der Waals surface area (Å²) in [5.41, 5.74) is 0.723. The third kappa shape index (κ3) is 3.36. The van der Waals surface area contributed by atoms with Crippen LogP contribution in [0.1, 0.15) is 32.6 Å². The molecule has 0 aromatic carbocycles. The van der Waals surface area contributed by atoms with Crippen molar-refractivity contribution < 1.29 is 19.4 Å². The molecular weight excluding hydrogens is 208 g/mol. The van der Waals surface area contributed by atoms with Crippen molar-refractivity contribution in [2.24, 2.45) is 11.8 Å². The summed E-state index contributed by atoms with van der Waals surface area (Å²) in [5.74, 6) is -0.489. The van der Waals surface area contributed by atoms with E-state index in [-0.39, 0.29) is 18.3 Å². The number of methoxy groups -OCH3 is 1. The van der Waals surface area contributed by atoms with Gasteiger partial charge in [-0.3, -0.25) is 4.79 Å². The Labute approximate surface area is 95.3 Å². The molecule has 0 radical (unpaired) electrons. The molecule has 1 N–H and O–H groups in total. The number of aliphatic carboxylic acids is 1. The van der Waals surface area contributed by atoms with Crippen LogP contribution in [0.15, 0.2) is 11.6 Å². The smallest absolute Gasteiger partial charge is 0.333 e. The first kappa shape index (κ1) is 12.7. The monoisotopic (exact) mass is 226 g/mol. The molecule has 0 unspecified atom stereocenters. The molecule has 2 atom stereocenters. The van der Waals surface area contributed by atoms with E-state index in [1.165, 1.54) is 7.11 Å². The van der Waals surface area contributed by atoms with E-state index < -0.39 is 5.97 Å². The lowest BCUT2D eigenvalue weighted by Crippen LogP contribution is -2.19. The highest BCUT2D eigenvalue weighted by molar-refractivity contribution is 5.88. The summed E-state index contributed by atoms with van der Waals surface area (Å²) in [6.07, 6.45) is 4.43. The fourth-order valence-corrected chi connectivity index (χ4v) is 2.13. The van der Waals surface area contributed by atoms with Crippen molar-refractivity contribution in [3.63, 3.8) is 0 Å². The Morgan fingerprint density at radius 1 is 1.62 bits per heavy atom. The van der Waals surface area contributed by atoms with Crippen LogP contribution in [0.25, 0.3) is 0 Å². The molecule has 16 heavy (non-hydrogen) atoms. The van der Waals surface area contributed by atoms with Gasteiger partial charge in [0, 0.05) is 12.0 Å². The highest BCUT2D eigenvalue weighted by Gasteiger charge is 2.24. The average Bonchev–Trinajstić information content (AvgIpc) is 2.27. The second-order valence-electron chi connectivity index (χ2n) is 4.33. The van der Waals surface area contributed by atoms with E-state index in [0.29, 0.717) is 12.3 Å². The molecule has 0 saturated heterocycles. The van der Waals surface area contributed by atoms with E-state index in [1.54, 1.807) is 0 Å². The Morgan fingerprint density at radius 3 is 2.75 bits per heavy atom. The Bertz CT molecular complexity index is 306. The van der Waals surface area contributed by atoms with E-state index in [9.17, 15) is 9.59 Å². The molecule has 0 bridgehead atoms. The first-order valence-corrected chi connectivity index (χ1v) is 5.53. The van der Waals surface area contributed by atoms with Crippen LogP contribution in [-0.4, -0.2) is 24.2 Å². The number of hydrogen-bond donors (Lipinski definition) is 1. The van der Waals surface area contributed by atoms with Gasteiger partial charge in [-0.25, -0.2) is 4.79 Å². The second kappa shape index (κ2) is 5.68. The number of ether oxygens (including phenoxy) is 1. The molecule has 0 saturated carbocycles. The summed E-state index contributed by atoms with van der Waals surface area (Å²) in [6.45, 7) is 1.95. The first-order chi connectivity index (χ1) is 7.54. The lowest BCUT2D eigenvalue weighted by Gasteiger charge is -2.25. The van der Waals surface area contributed by atoms with Gasteiger partial charge in [-0.15, -0.1) is 0 Å². The Hall–Kier alpha value is -1.32. The molecule has 0 aromatic rings. The molecule has 0 heterocycles. The molecule has 90 valence electrons. The minimum Gasteiger partial charge on any atom is -0.481 e. The summed E-state index contributed by atoms with van der Waals surface area (Å²) in [7, 11) is 1.38. The van der Waals surface area contributed by atoms with Crippen molar-refractivity contribution in [2.75, 3.05) is 7.11 Å². The van der Waals surface area contributed by atoms with Crippen LogP contribution >= 0.6 is 0 Å². The number of esters is 1. The molecule has 0 amide bonds. The van der Waals surface area contributed by atoms with Crippen LogP contribution in [0.4, 0.5) is 0 Å². The standard InChI is InChI=1S/C12H18O4/c1-8(7-11(13)14)9-3-5-10(6-4-9)12(15)16-2/h5,8-9H,3-4,6-7H2,1-2H3,(H,13,14)/t8-,9-/m0/s1. The molecule has 1 rings (SSSR count). The maximum atomic E-state index is 11.2. The maximum Gasteiger partial charge on any atom is 0.333 e. The van der Waals surface area contributed by atoms with Crippen molar-refractivity contribution in [3.05, 3.63) is 11.6 Å². The number of rotatable bonds is 4. The van der Waals surface area contributed by atoms with Gasteiger partial charge in [0.1, 0.15) is 0 Å². The number of hydrogen-bond acceptors (Lipinski definition) is 3. The molecule has 0 aromatic heterocycles. The zero-order valence-corrected chi connectivity index (χ0v) is 9.73. The van der Waals surface area contributed by atoms with Crippen molar-refractivity contribution in [2.45, 2.75) is 32.6 Å². The van der Waals surface area contributed by atoms with Crippen LogP contribution in [0.2, 0.25) is 0 Å². The minimum absolute atomic E-state index is 0.160. The van der Waals surface area contributed by atoms with Gasteiger partial charge in [0.05, 0.1) is 7.11 Å². The zero-order valence-electron chi connectivity index (χ0n) is 9.73. The molecule has 1 aliphatic rings. The van der Waals surface area contributed by atoms with Gasteiger partial charge in [0.15, 0.2) is 0 Å². The van der Waals surface area contributed by atoms with Gasteiger partial charge in [-0.1, -0.05) is 13.0 Å². The fraction of sp³-hybridized carbons (Fsp3) is 0.667. The number of allylic oxidation sites excluding steroid dienone is 1. The second-order valence-corrected chi connectivity index (χ2v) is 4.33. The lowest BCUT2D eigenvalue weighted by molar-refractivity contribution is -0.139. The van der Waals surface area contributed by atoms with Crippen LogP contribution < -0.4 is 0 Å². The van der Waals surface area contributed by atoms with E-state index in [4.69, 9.17) is 5.11 Å². The highest BCUT2D eigenvalue weighted by atomic mass is 16.5. The van der Waals surface area contributed by atoms with Crippen LogP contribution in [0.5, 0.6) is 0 Å². The van der Waals surface area contributed by atoms with Gasteiger partial charge in [0.2, 0.25) is 0 Å². The Balaban J connectivity index is 2.50. The van der Waals surface area contributed by atoms with Crippen molar-refractivity contribution >= 4 is 11.9 Å².